The number of halogens is 1. The minimum absolute atomic E-state index is 0.0343. The monoisotopic (exact) mass is 537 g/mol. The number of aldehydes is 1. The number of rotatable bonds is 7. The lowest BCUT2D eigenvalue weighted by Gasteiger charge is -2.34. The molecule has 0 bridgehead atoms. The van der Waals surface area contributed by atoms with E-state index in [1.165, 1.54) is 6.92 Å². The van der Waals surface area contributed by atoms with Crippen LogP contribution in [0.4, 0.5) is 4.39 Å². The standard InChI is InChI=1S/C23H33N5O3S.C2H4O.CH3F/c1-14-19(32-13-27-14)15-8-9-16(18(11-15)31-24)12-26-21(29)17-7-6-10-28(17)22(30)20(25-5)23(2,3)4;1-2-3;1-2/h8-9,11,13,17,20,25H,6-7,10,12,24H2,1-5H3,(H,26,29);2H,1H3;1H3. The maximum absolute atomic E-state index is 13.1. The molecule has 3 rings (SSSR count). The van der Waals surface area contributed by atoms with Gasteiger partial charge in [-0.15, -0.1) is 11.3 Å². The van der Waals surface area contributed by atoms with E-state index >= 15 is 0 Å². The minimum Gasteiger partial charge on any atom is -0.411 e. The highest BCUT2D eigenvalue weighted by molar-refractivity contribution is 7.13. The molecular formula is C26H40FN5O4S. The first-order chi connectivity index (χ1) is 17.6. The lowest BCUT2D eigenvalue weighted by Crippen LogP contribution is -2.55. The van der Waals surface area contributed by atoms with Gasteiger partial charge in [0.05, 0.1) is 29.3 Å². The number of benzene rings is 1. The van der Waals surface area contributed by atoms with E-state index in [0.29, 0.717) is 25.9 Å². The molecule has 9 nitrogen and oxygen atoms in total. The van der Waals surface area contributed by atoms with E-state index in [4.69, 9.17) is 15.5 Å². The predicted octanol–water partition coefficient (Wildman–Crippen LogP) is 3.40. The summed E-state index contributed by atoms with van der Waals surface area (Å²) in [5.74, 6) is 5.81. The zero-order chi connectivity index (χ0) is 28.2. The molecular weight excluding hydrogens is 497 g/mol. The summed E-state index contributed by atoms with van der Waals surface area (Å²) in [5, 5.41) is 6.08. The number of nitrogens with one attached hydrogen (secondary N) is 2. The van der Waals surface area contributed by atoms with Gasteiger partial charge in [-0.25, -0.2) is 4.98 Å². The number of alkyl halides is 1. The van der Waals surface area contributed by atoms with Crippen LogP contribution in [-0.2, 0) is 20.9 Å². The first-order valence-corrected chi connectivity index (χ1v) is 12.9. The largest absolute Gasteiger partial charge is 0.411 e. The lowest BCUT2D eigenvalue weighted by atomic mass is 9.86. The van der Waals surface area contributed by atoms with E-state index in [0.717, 1.165) is 34.4 Å². The fourth-order valence-electron chi connectivity index (χ4n) is 4.23. The molecule has 2 heterocycles. The van der Waals surface area contributed by atoms with Gasteiger partial charge in [-0.1, -0.05) is 32.9 Å². The molecule has 2 amide bonds. The molecule has 37 heavy (non-hydrogen) atoms. The average Bonchev–Trinajstić information content (AvgIpc) is 3.53. The van der Waals surface area contributed by atoms with Crippen molar-refractivity contribution in [3.63, 3.8) is 0 Å². The van der Waals surface area contributed by atoms with Crippen LogP contribution in [-0.4, -0.2) is 60.8 Å². The number of nitrogens with two attached hydrogens (primary N) is 1. The number of hydrogen-bond acceptors (Lipinski definition) is 8. The third kappa shape index (κ3) is 8.58. The average molecular weight is 538 g/mol. The van der Waals surface area contributed by atoms with Crippen LogP contribution in [0, 0.1) is 12.3 Å². The van der Waals surface area contributed by atoms with Gasteiger partial charge in [-0.05, 0) is 50.8 Å². The Morgan fingerprint density at radius 3 is 2.51 bits per heavy atom. The van der Waals surface area contributed by atoms with Crippen molar-refractivity contribution in [3.8, 4) is 16.2 Å². The van der Waals surface area contributed by atoms with Gasteiger partial charge in [0.1, 0.15) is 12.3 Å². The molecule has 206 valence electrons. The van der Waals surface area contributed by atoms with Gasteiger partial charge in [-0.3, -0.25) is 14.0 Å². The highest BCUT2D eigenvalue weighted by Gasteiger charge is 2.40. The summed E-state index contributed by atoms with van der Waals surface area (Å²) in [6.07, 6.45) is 2.21. The van der Waals surface area contributed by atoms with Crippen molar-refractivity contribution in [2.75, 3.05) is 20.8 Å². The Morgan fingerprint density at radius 2 is 2.00 bits per heavy atom. The first-order valence-electron chi connectivity index (χ1n) is 12.0. The van der Waals surface area contributed by atoms with E-state index in [1.807, 2.05) is 45.9 Å². The van der Waals surface area contributed by atoms with Gasteiger partial charge < -0.3 is 25.2 Å². The molecule has 2 unspecified atom stereocenters. The normalized spacial score (nSPS) is 15.5. The molecule has 1 fully saturated rings. The maximum atomic E-state index is 13.1. The van der Waals surface area contributed by atoms with Crippen LogP contribution in [0.3, 0.4) is 0 Å². The maximum Gasteiger partial charge on any atom is 0.243 e. The summed E-state index contributed by atoms with van der Waals surface area (Å²) < 4.78 is 9.50. The molecule has 4 N–H and O–H groups in total. The Morgan fingerprint density at radius 1 is 1.35 bits per heavy atom. The zero-order valence-corrected chi connectivity index (χ0v) is 23.6. The fourth-order valence-corrected chi connectivity index (χ4v) is 5.03. The topological polar surface area (TPSA) is 127 Å². The van der Waals surface area contributed by atoms with Crippen molar-refractivity contribution in [1.82, 2.24) is 20.5 Å². The molecule has 11 heteroatoms. The summed E-state index contributed by atoms with van der Waals surface area (Å²) in [5.41, 5.74) is 4.23. The number of nitrogens with zero attached hydrogens (tertiary/aromatic N) is 2. The van der Waals surface area contributed by atoms with E-state index in [2.05, 4.69) is 15.6 Å². The smallest absolute Gasteiger partial charge is 0.243 e. The van der Waals surface area contributed by atoms with Crippen LogP contribution < -0.4 is 21.4 Å². The summed E-state index contributed by atoms with van der Waals surface area (Å²) in [6, 6.07) is 4.90. The number of thiazole rings is 1. The molecule has 0 radical (unpaired) electrons. The van der Waals surface area contributed by atoms with Crippen molar-refractivity contribution < 1.29 is 23.6 Å². The van der Waals surface area contributed by atoms with E-state index < -0.39 is 6.04 Å². The number of carbonyl (C=O) groups excluding carboxylic acids is 3. The molecule has 0 saturated carbocycles. The number of aromatic nitrogens is 1. The Labute approximate surface area is 222 Å². The van der Waals surface area contributed by atoms with Gasteiger partial charge in [0.15, 0.2) is 5.75 Å². The molecule has 2 atom stereocenters. The Hall–Kier alpha value is -2.89. The highest BCUT2D eigenvalue weighted by atomic mass is 32.1. The lowest BCUT2D eigenvalue weighted by molar-refractivity contribution is -0.142. The Balaban J connectivity index is 0.00000127. The van der Waals surface area contributed by atoms with Crippen molar-refractivity contribution in [2.24, 2.45) is 11.3 Å². The van der Waals surface area contributed by atoms with Crippen LogP contribution in [0.5, 0.6) is 5.75 Å². The molecule has 2 aromatic rings. The molecule has 0 spiro atoms. The van der Waals surface area contributed by atoms with Crippen LogP contribution in [0.1, 0.15) is 51.8 Å². The van der Waals surface area contributed by atoms with Gasteiger partial charge in [0, 0.05) is 18.7 Å². The predicted molar refractivity (Wildman–Crippen MR) is 145 cm³/mol. The Bertz CT molecular complexity index is 1020. The van der Waals surface area contributed by atoms with E-state index in [-0.39, 0.29) is 29.8 Å². The van der Waals surface area contributed by atoms with Gasteiger partial charge in [-0.2, -0.15) is 5.90 Å². The van der Waals surface area contributed by atoms with Crippen LogP contribution >= 0.6 is 11.3 Å². The first kappa shape index (κ1) is 32.1. The van der Waals surface area contributed by atoms with E-state index in [9.17, 15) is 14.0 Å². The second-order valence-electron chi connectivity index (χ2n) is 9.44. The van der Waals surface area contributed by atoms with Gasteiger partial charge in [0.25, 0.3) is 0 Å². The van der Waals surface area contributed by atoms with Crippen LogP contribution in [0.2, 0.25) is 0 Å². The molecule has 1 aromatic heterocycles. The minimum atomic E-state index is -0.470. The van der Waals surface area contributed by atoms with Crippen molar-refractivity contribution in [3.05, 3.63) is 35.0 Å². The van der Waals surface area contributed by atoms with Crippen LogP contribution in [0.25, 0.3) is 10.4 Å². The Kier molecular flexibility index (Phi) is 13.4. The third-order valence-electron chi connectivity index (χ3n) is 5.90. The number of aryl methyl sites for hydroxylation is 1. The van der Waals surface area contributed by atoms with Crippen LogP contribution in [0.15, 0.2) is 23.7 Å². The molecule has 0 aliphatic carbocycles. The highest BCUT2D eigenvalue weighted by Crippen LogP contribution is 2.32. The van der Waals surface area contributed by atoms with E-state index in [1.54, 1.807) is 28.8 Å². The number of likely N-dealkylation sites (tertiary alicyclic amines) is 1. The SMILES string of the molecule is CC=O.CF.CNC(C(=O)N1CCCC1C(=O)NCc1ccc(-c2scnc2C)cc1ON)C(C)(C)C. The molecule has 1 aliphatic heterocycles. The fraction of sp³-hybridized carbons (Fsp3) is 0.538. The third-order valence-corrected chi connectivity index (χ3v) is 6.87. The molecule has 1 aromatic carbocycles. The second-order valence-corrected chi connectivity index (χ2v) is 10.3. The summed E-state index contributed by atoms with van der Waals surface area (Å²) in [7, 11) is 2.28. The zero-order valence-electron chi connectivity index (χ0n) is 22.8. The summed E-state index contributed by atoms with van der Waals surface area (Å²) in [4.78, 5) is 47.1. The number of hydrogen-bond donors (Lipinski definition) is 3. The number of likely N-dealkylation sites (N-methyl/N-ethyl adjacent to an activating group) is 1. The van der Waals surface area contributed by atoms with Gasteiger partial charge in [0.2, 0.25) is 11.8 Å². The summed E-state index contributed by atoms with van der Waals surface area (Å²) in [6.45, 7) is 10.3. The quantitative estimate of drug-likeness (QED) is 0.365. The van der Waals surface area contributed by atoms with Crippen molar-refractivity contribution in [2.45, 2.75) is 66.1 Å². The van der Waals surface area contributed by atoms with Gasteiger partial charge >= 0.3 is 0 Å². The molecule has 1 aliphatic rings. The summed E-state index contributed by atoms with van der Waals surface area (Å²) >= 11 is 1.55. The number of carbonyl (C=O) groups is 3. The van der Waals surface area contributed by atoms with Crippen molar-refractivity contribution >= 4 is 29.4 Å². The number of amides is 2. The van der Waals surface area contributed by atoms with Crippen molar-refractivity contribution in [1.29, 1.82) is 0 Å². The molecule has 1 saturated heterocycles. The second kappa shape index (κ2) is 15.4.